The van der Waals surface area contributed by atoms with Gasteiger partial charge in [-0.3, -0.25) is 5.41 Å². The van der Waals surface area contributed by atoms with E-state index in [2.05, 4.69) is 20.4 Å². The van der Waals surface area contributed by atoms with Gasteiger partial charge in [0, 0.05) is 17.1 Å². The lowest BCUT2D eigenvalue weighted by molar-refractivity contribution is 0.415. The third kappa shape index (κ3) is 2.85. The Hall–Kier alpha value is -3.11. The van der Waals surface area contributed by atoms with Gasteiger partial charge in [-0.05, 0) is 35.6 Å². The zero-order chi connectivity index (χ0) is 18.1. The van der Waals surface area contributed by atoms with E-state index in [0.717, 1.165) is 22.6 Å². The predicted octanol–water partition coefficient (Wildman–Crippen LogP) is 3.40. The molecule has 3 heterocycles. The fourth-order valence-electron chi connectivity index (χ4n) is 2.39. The highest BCUT2D eigenvalue weighted by atomic mass is 32.1. The largest absolute Gasteiger partial charge is 0.497 e. The molecule has 1 aliphatic rings. The Morgan fingerprint density at radius 1 is 1.27 bits per heavy atom. The molecular formula is C16H12N6O2S2. The summed E-state index contributed by atoms with van der Waals surface area (Å²) in [4.78, 5) is 4.80. The average molecular weight is 384 g/mol. The molecule has 2 aromatic heterocycles. The molecule has 10 heteroatoms. The monoisotopic (exact) mass is 384 g/mol. The van der Waals surface area contributed by atoms with Crippen LogP contribution in [-0.2, 0) is 0 Å². The van der Waals surface area contributed by atoms with Crippen LogP contribution in [0.5, 0.6) is 11.6 Å². The number of nitrogens with zero attached hydrogens (tertiary/aromatic N) is 5. The first-order chi connectivity index (χ1) is 12.7. The highest BCUT2D eigenvalue weighted by Gasteiger charge is 2.19. The normalized spacial score (nSPS) is 14.8. The van der Waals surface area contributed by atoms with E-state index in [-0.39, 0.29) is 10.7 Å². The standard InChI is InChI=1S/C16H12N6O2S2/c1-24-10-4-2-9(3-5-10)13-11(19-21-20-13)8-12-14(23)22(15(17)26-12)16-18-6-7-25-16/h2-8,17,23H,1H3/b11-8-,17-15?. The smallest absolute Gasteiger partial charge is 0.217 e. The van der Waals surface area contributed by atoms with Gasteiger partial charge in [-0.1, -0.05) is 11.3 Å². The fourth-order valence-corrected chi connectivity index (χ4v) is 3.92. The Morgan fingerprint density at radius 2 is 2.08 bits per heavy atom. The number of thiazole rings is 2. The number of aromatic nitrogens is 2. The van der Waals surface area contributed by atoms with Crippen LogP contribution in [0.25, 0.3) is 11.2 Å². The summed E-state index contributed by atoms with van der Waals surface area (Å²) in [5, 5.41) is 32.8. The van der Waals surface area contributed by atoms with Crippen LogP contribution in [0.3, 0.4) is 0 Å². The third-order valence-electron chi connectivity index (χ3n) is 3.62. The topological polar surface area (TPSA) is 108 Å². The second-order valence-electron chi connectivity index (χ2n) is 5.14. The fraction of sp³-hybridized carbons (Fsp3) is 0.0625. The molecule has 2 N–H and O–H groups in total. The van der Waals surface area contributed by atoms with Crippen molar-refractivity contribution in [2.45, 2.75) is 0 Å². The Bertz CT molecular complexity index is 1090. The molecule has 0 atom stereocenters. The van der Waals surface area contributed by atoms with Crippen LogP contribution in [-0.4, -0.2) is 27.5 Å². The van der Waals surface area contributed by atoms with E-state index >= 15 is 0 Å². The van der Waals surface area contributed by atoms with Crippen molar-refractivity contribution in [3.05, 3.63) is 56.8 Å². The maximum atomic E-state index is 10.5. The van der Waals surface area contributed by atoms with Crippen molar-refractivity contribution < 1.29 is 9.84 Å². The van der Waals surface area contributed by atoms with Gasteiger partial charge >= 0.3 is 0 Å². The van der Waals surface area contributed by atoms with Crippen molar-refractivity contribution >= 4 is 34.5 Å². The molecule has 0 aliphatic carbocycles. The molecule has 8 nitrogen and oxygen atoms in total. The number of hydrogen-bond donors (Lipinski definition) is 2. The molecule has 0 spiro atoms. The second kappa shape index (κ2) is 6.65. The van der Waals surface area contributed by atoms with Crippen molar-refractivity contribution in [1.29, 1.82) is 5.41 Å². The molecule has 3 aromatic rings. The Balaban J connectivity index is 1.72. The second-order valence-corrected chi connectivity index (χ2v) is 7.04. The van der Waals surface area contributed by atoms with Crippen molar-refractivity contribution in [2.24, 2.45) is 15.4 Å². The average Bonchev–Trinajstić information content (AvgIpc) is 3.38. The first-order valence-electron chi connectivity index (χ1n) is 7.42. The summed E-state index contributed by atoms with van der Waals surface area (Å²) in [7, 11) is 1.60. The van der Waals surface area contributed by atoms with Crippen LogP contribution in [0.2, 0.25) is 0 Å². The summed E-state index contributed by atoms with van der Waals surface area (Å²) in [6, 6.07) is 7.38. The van der Waals surface area contributed by atoms with Gasteiger partial charge in [-0.2, -0.15) is 0 Å². The summed E-state index contributed by atoms with van der Waals surface area (Å²) < 4.78 is 6.55. The van der Waals surface area contributed by atoms with Crippen molar-refractivity contribution in [2.75, 3.05) is 7.11 Å². The summed E-state index contributed by atoms with van der Waals surface area (Å²) in [6.07, 6.45) is 3.29. The van der Waals surface area contributed by atoms with Crippen LogP contribution >= 0.6 is 22.7 Å². The molecule has 0 radical (unpaired) electrons. The molecule has 0 amide bonds. The Kier molecular flexibility index (Phi) is 4.19. The number of rotatable bonds is 4. The zero-order valence-electron chi connectivity index (χ0n) is 13.4. The molecule has 0 bridgehead atoms. The van der Waals surface area contributed by atoms with Crippen LogP contribution < -0.4 is 9.54 Å². The van der Waals surface area contributed by atoms with Crippen molar-refractivity contribution in [1.82, 2.24) is 9.55 Å². The lowest BCUT2D eigenvalue weighted by Gasteiger charge is -2.03. The zero-order valence-corrected chi connectivity index (χ0v) is 15.1. The number of nitrogens with one attached hydrogen (secondary N) is 1. The number of hydrogen-bond acceptors (Lipinski definition) is 9. The molecular weight excluding hydrogens is 372 g/mol. The summed E-state index contributed by atoms with van der Waals surface area (Å²) >= 11 is 2.46. The van der Waals surface area contributed by atoms with Gasteiger partial charge in [0.25, 0.3) is 0 Å². The number of allylic oxidation sites excluding steroid dienone is 1. The van der Waals surface area contributed by atoms with Gasteiger partial charge in [0.05, 0.1) is 12.0 Å². The highest BCUT2D eigenvalue weighted by Crippen LogP contribution is 2.29. The lowest BCUT2D eigenvalue weighted by atomic mass is 10.1. The minimum absolute atomic E-state index is 0.0568. The van der Waals surface area contributed by atoms with Crippen molar-refractivity contribution in [3.63, 3.8) is 0 Å². The molecule has 26 heavy (non-hydrogen) atoms. The van der Waals surface area contributed by atoms with Crippen LogP contribution in [0.1, 0.15) is 10.4 Å². The number of aromatic hydroxyl groups is 1. The Morgan fingerprint density at radius 3 is 2.77 bits per heavy atom. The quantitative estimate of drug-likeness (QED) is 0.719. The Labute approximate surface area is 155 Å². The molecule has 130 valence electrons. The predicted molar refractivity (Wildman–Crippen MR) is 99.2 cm³/mol. The molecule has 0 saturated heterocycles. The summed E-state index contributed by atoms with van der Waals surface area (Å²) in [6.45, 7) is 0. The first kappa shape index (κ1) is 16.4. The minimum atomic E-state index is -0.0568. The maximum Gasteiger partial charge on any atom is 0.217 e. The number of ether oxygens (including phenoxy) is 1. The van der Waals surface area contributed by atoms with E-state index in [9.17, 15) is 5.11 Å². The number of methoxy groups -OCH3 is 1. The van der Waals surface area contributed by atoms with Crippen LogP contribution in [0.4, 0.5) is 0 Å². The van der Waals surface area contributed by atoms with Gasteiger partial charge in [-0.15, -0.1) is 21.6 Å². The maximum absolute atomic E-state index is 10.5. The molecule has 0 saturated carbocycles. The first-order valence-corrected chi connectivity index (χ1v) is 9.11. The lowest BCUT2D eigenvalue weighted by Crippen LogP contribution is -2.09. The van der Waals surface area contributed by atoms with E-state index < -0.39 is 0 Å². The summed E-state index contributed by atoms with van der Waals surface area (Å²) in [5.41, 5.74) is 1.93. The van der Waals surface area contributed by atoms with E-state index in [1.165, 1.54) is 15.9 Å². The number of benzene rings is 1. The van der Waals surface area contributed by atoms with Crippen LogP contribution in [0, 0.1) is 5.41 Å². The van der Waals surface area contributed by atoms with E-state index in [1.54, 1.807) is 24.8 Å². The molecule has 0 fully saturated rings. The summed E-state index contributed by atoms with van der Waals surface area (Å²) in [5.74, 6) is 0.685. The van der Waals surface area contributed by atoms with Crippen molar-refractivity contribution in [3.8, 4) is 16.8 Å². The molecule has 0 unspecified atom stereocenters. The van der Waals surface area contributed by atoms with Gasteiger partial charge in [0.15, 0.2) is 9.93 Å². The van der Waals surface area contributed by atoms with Gasteiger partial charge in [-0.25, -0.2) is 9.55 Å². The van der Waals surface area contributed by atoms with Gasteiger partial charge in [0.2, 0.25) is 5.88 Å². The molecule has 4 rings (SSSR count). The van der Waals surface area contributed by atoms with Gasteiger partial charge in [0.1, 0.15) is 17.2 Å². The SMILES string of the molecule is COc1ccc(C2=NN=N/C2=C\c2sc(=N)n(-c3nccs3)c2O)cc1. The van der Waals surface area contributed by atoms with Gasteiger partial charge < -0.3 is 9.84 Å². The molecule has 1 aliphatic heterocycles. The van der Waals surface area contributed by atoms with E-state index in [1.807, 2.05) is 24.3 Å². The van der Waals surface area contributed by atoms with Crippen LogP contribution in [0.15, 0.2) is 57.0 Å². The third-order valence-corrected chi connectivity index (χ3v) is 5.28. The highest BCUT2D eigenvalue weighted by molar-refractivity contribution is 7.13. The van der Waals surface area contributed by atoms with E-state index in [0.29, 0.717) is 21.4 Å². The van der Waals surface area contributed by atoms with E-state index in [4.69, 9.17) is 10.1 Å². The minimum Gasteiger partial charge on any atom is -0.497 e. The molecule has 1 aromatic carbocycles.